The first-order valence-corrected chi connectivity index (χ1v) is 10.4. The van der Waals surface area contributed by atoms with E-state index in [1.165, 1.54) is 12.5 Å². The van der Waals surface area contributed by atoms with Crippen LogP contribution in [-0.2, 0) is 4.79 Å². The summed E-state index contributed by atoms with van der Waals surface area (Å²) < 4.78 is 22.6. The SMILES string of the molecule is CC(=O)Oc1c(OCC=C(C)CCC=C(C)C)c2c(OC(C)(C)C)cccc2oc1=O. The Morgan fingerprint density at radius 3 is 2.39 bits per heavy atom. The van der Waals surface area contributed by atoms with E-state index in [9.17, 15) is 9.59 Å². The molecule has 2 rings (SSSR count). The zero-order chi connectivity index (χ0) is 23.2. The monoisotopic (exact) mass is 428 g/mol. The Labute approximate surface area is 183 Å². The van der Waals surface area contributed by atoms with Gasteiger partial charge in [-0.25, -0.2) is 4.79 Å². The van der Waals surface area contributed by atoms with Gasteiger partial charge in [0, 0.05) is 6.92 Å². The Morgan fingerprint density at radius 2 is 1.77 bits per heavy atom. The third kappa shape index (κ3) is 7.31. The number of esters is 1. The number of benzene rings is 1. The van der Waals surface area contributed by atoms with Crippen LogP contribution in [0.1, 0.15) is 61.3 Å². The van der Waals surface area contributed by atoms with Crippen LogP contribution in [0.25, 0.3) is 11.0 Å². The molecule has 2 aromatic rings. The summed E-state index contributed by atoms with van der Waals surface area (Å²) in [5.41, 5.74) is 1.45. The van der Waals surface area contributed by atoms with E-state index in [0.29, 0.717) is 16.7 Å². The van der Waals surface area contributed by atoms with Crippen LogP contribution in [0, 0.1) is 0 Å². The van der Waals surface area contributed by atoms with E-state index >= 15 is 0 Å². The molecule has 0 amide bonds. The van der Waals surface area contributed by atoms with Crippen molar-refractivity contribution < 1.29 is 23.4 Å². The molecule has 0 N–H and O–H groups in total. The molecular formula is C25H32O6. The van der Waals surface area contributed by atoms with Crippen LogP contribution in [0.3, 0.4) is 0 Å². The standard InChI is InChI=1S/C25H32O6/c1-16(2)10-8-11-17(3)14-15-28-22-21-19(30-24(27)23(22)29-18(4)26)12-9-13-20(21)31-25(5,6)7/h9-10,12-14H,8,11,15H2,1-7H3. The van der Waals surface area contributed by atoms with Crippen LogP contribution in [0.4, 0.5) is 0 Å². The van der Waals surface area contributed by atoms with Gasteiger partial charge in [-0.1, -0.05) is 23.3 Å². The van der Waals surface area contributed by atoms with E-state index in [0.717, 1.165) is 18.4 Å². The van der Waals surface area contributed by atoms with Crippen LogP contribution < -0.4 is 19.8 Å². The number of carbonyl (C=O) groups excluding carboxylic acids is 1. The molecule has 0 radical (unpaired) electrons. The molecule has 0 fully saturated rings. The third-order valence-corrected chi connectivity index (χ3v) is 4.22. The average molecular weight is 429 g/mol. The highest BCUT2D eigenvalue weighted by Gasteiger charge is 2.24. The fraction of sp³-hybridized carbons (Fsp3) is 0.440. The van der Waals surface area contributed by atoms with Crippen LogP contribution in [-0.4, -0.2) is 18.2 Å². The van der Waals surface area contributed by atoms with Crippen LogP contribution in [0.15, 0.2) is 50.7 Å². The van der Waals surface area contributed by atoms with E-state index in [1.54, 1.807) is 18.2 Å². The zero-order valence-electron chi connectivity index (χ0n) is 19.5. The minimum atomic E-state index is -0.783. The molecule has 0 aliphatic rings. The second-order valence-corrected chi connectivity index (χ2v) is 8.67. The van der Waals surface area contributed by atoms with Crippen molar-refractivity contribution in [1.82, 2.24) is 0 Å². The van der Waals surface area contributed by atoms with Crippen LogP contribution in [0.5, 0.6) is 17.2 Å². The van der Waals surface area contributed by atoms with Gasteiger partial charge >= 0.3 is 11.6 Å². The van der Waals surface area contributed by atoms with E-state index in [1.807, 2.05) is 33.8 Å². The number of hydrogen-bond donors (Lipinski definition) is 0. The summed E-state index contributed by atoms with van der Waals surface area (Å²) in [4.78, 5) is 24.1. The third-order valence-electron chi connectivity index (χ3n) is 4.22. The largest absolute Gasteiger partial charge is 0.487 e. The Morgan fingerprint density at radius 1 is 1.06 bits per heavy atom. The maximum absolute atomic E-state index is 12.5. The molecule has 0 spiro atoms. The first-order valence-electron chi connectivity index (χ1n) is 10.4. The Hall–Kier alpha value is -3.02. The zero-order valence-corrected chi connectivity index (χ0v) is 19.5. The van der Waals surface area contributed by atoms with Gasteiger partial charge in [-0.15, -0.1) is 0 Å². The van der Waals surface area contributed by atoms with Crippen molar-refractivity contribution in [2.24, 2.45) is 0 Å². The maximum atomic E-state index is 12.5. The van der Waals surface area contributed by atoms with Gasteiger partial charge in [0.2, 0.25) is 0 Å². The fourth-order valence-electron chi connectivity index (χ4n) is 2.91. The number of allylic oxidation sites excluding steroid dienone is 3. The van der Waals surface area contributed by atoms with E-state index in [2.05, 4.69) is 19.9 Å². The topological polar surface area (TPSA) is 75.0 Å². The quantitative estimate of drug-likeness (QED) is 0.293. The molecular weight excluding hydrogens is 396 g/mol. The van der Waals surface area contributed by atoms with Crippen LogP contribution >= 0.6 is 0 Å². The van der Waals surface area contributed by atoms with Crippen molar-refractivity contribution in [3.05, 3.63) is 51.9 Å². The highest BCUT2D eigenvalue weighted by Crippen LogP contribution is 2.40. The number of carbonyl (C=O) groups is 1. The second kappa shape index (κ2) is 10.3. The molecule has 1 heterocycles. The van der Waals surface area contributed by atoms with Gasteiger partial charge in [-0.05, 0) is 72.6 Å². The summed E-state index contributed by atoms with van der Waals surface area (Å²) in [6.45, 7) is 13.3. The van der Waals surface area contributed by atoms with Gasteiger partial charge in [-0.2, -0.15) is 0 Å². The normalized spacial score (nSPS) is 11.9. The Kier molecular flexibility index (Phi) is 8.08. The lowest BCUT2D eigenvalue weighted by molar-refractivity contribution is -0.132. The number of rotatable bonds is 8. The molecule has 1 aromatic heterocycles. The molecule has 31 heavy (non-hydrogen) atoms. The minimum Gasteiger partial charge on any atom is -0.487 e. The molecule has 0 bridgehead atoms. The lowest BCUT2D eigenvalue weighted by atomic mass is 10.1. The van der Waals surface area contributed by atoms with Gasteiger partial charge in [0.05, 0.1) is 0 Å². The molecule has 0 atom stereocenters. The molecule has 0 saturated heterocycles. The van der Waals surface area contributed by atoms with Crippen molar-refractivity contribution in [3.8, 4) is 17.2 Å². The van der Waals surface area contributed by atoms with Crippen LogP contribution in [0.2, 0.25) is 0 Å². The number of ether oxygens (including phenoxy) is 3. The molecule has 168 valence electrons. The van der Waals surface area contributed by atoms with E-state index < -0.39 is 17.2 Å². The Bertz CT molecular complexity index is 1050. The minimum absolute atomic E-state index is 0.134. The first-order chi connectivity index (χ1) is 14.5. The molecule has 0 unspecified atom stereocenters. The summed E-state index contributed by atoms with van der Waals surface area (Å²) in [7, 11) is 0. The van der Waals surface area contributed by atoms with Gasteiger partial charge in [0.1, 0.15) is 28.9 Å². The number of hydrogen-bond acceptors (Lipinski definition) is 6. The molecule has 0 saturated carbocycles. The summed E-state index contributed by atoms with van der Waals surface area (Å²) in [6, 6.07) is 5.14. The van der Waals surface area contributed by atoms with Crippen molar-refractivity contribution >= 4 is 16.9 Å². The average Bonchev–Trinajstić information content (AvgIpc) is 2.62. The maximum Gasteiger partial charge on any atom is 0.383 e. The molecule has 1 aromatic carbocycles. The number of fused-ring (bicyclic) bond motifs is 1. The molecule has 6 nitrogen and oxygen atoms in total. The summed E-state index contributed by atoms with van der Waals surface area (Å²) in [6.07, 6.45) is 5.99. The highest BCUT2D eigenvalue weighted by molar-refractivity contribution is 5.92. The van der Waals surface area contributed by atoms with E-state index in [4.69, 9.17) is 18.6 Å². The van der Waals surface area contributed by atoms with E-state index in [-0.39, 0.29) is 18.1 Å². The molecule has 6 heteroatoms. The molecule has 0 aliphatic heterocycles. The summed E-state index contributed by atoms with van der Waals surface area (Å²) in [5, 5.41) is 0.448. The lowest BCUT2D eigenvalue weighted by Gasteiger charge is -2.23. The second-order valence-electron chi connectivity index (χ2n) is 8.67. The predicted molar refractivity (Wildman–Crippen MR) is 122 cm³/mol. The van der Waals surface area contributed by atoms with Crippen molar-refractivity contribution in [3.63, 3.8) is 0 Å². The first kappa shape index (κ1) is 24.3. The van der Waals surface area contributed by atoms with Crippen molar-refractivity contribution in [2.75, 3.05) is 6.61 Å². The summed E-state index contributed by atoms with van der Waals surface area (Å²) in [5.74, 6) is -0.309. The lowest BCUT2D eigenvalue weighted by Crippen LogP contribution is -2.23. The Balaban J connectivity index is 2.48. The van der Waals surface area contributed by atoms with Crippen molar-refractivity contribution in [2.45, 2.75) is 66.9 Å². The van der Waals surface area contributed by atoms with Gasteiger partial charge in [0.25, 0.3) is 5.75 Å². The van der Waals surface area contributed by atoms with Crippen molar-refractivity contribution in [1.29, 1.82) is 0 Å². The van der Waals surface area contributed by atoms with Gasteiger partial charge < -0.3 is 18.6 Å². The summed E-state index contributed by atoms with van der Waals surface area (Å²) >= 11 is 0. The van der Waals surface area contributed by atoms with Gasteiger partial charge in [0.15, 0.2) is 5.75 Å². The highest BCUT2D eigenvalue weighted by atomic mass is 16.6. The van der Waals surface area contributed by atoms with Gasteiger partial charge in [-0.3, -0.25) is 4.79 Å². The fourth-order valence-corrected chi connectivity index (χ4v) is 2.91. The predicted octanol–water partition coefficient (Wildman–Crippen LogP) is 5.97. The smallest absolute Gasteiger partial charge is 0.383 e. The molecule has 0 aliphatic carbocycles.